The van der Waals surface area contributed by atoms with Gasteiger partial charge in [0.25, 0.3) is 0 Å². The van der Waals surface area contributed by atoms with Crippen molar-refractivity contribution in [3.63, 3.8) is 0 Å². The van der Waals surface area contributed by atoms with Gasteiger partial charge in [0.05, 0.1) is 0 Å². The Morgan fingerprint density at radius 3 is 1.53 bits per heavy atom. The average molecular weight is 261 g/mol. The Balaban J connectivity index is 1.98. The van der Waals surface area contributed by atoms with Crippen molar-refractivity contribution < 1.29 is 0 Å². The van der Waals surface area contributed by atoms with Crippen LogP contribution >= 0.6 is 23.9 Å². The number of hydrogen-bond acceptors (Lipinski definition) is 3. The number of nitrogens with zero attached hydrogens (tertiary/aromatic N) is 1. The molecular weight excluding hydrogens is 246 g/mol. The highest BCUT2D eigenvalue weighted by Gasteiger charge is 2.06. The highest BCUT2D eigenvalue weighted by Crippen LogP contribution is 2.33. The second kappa shape index (κ2) is 6.74. The molecule has 0 bridgehead atoms. The molecule has 0 aliphatic heterocycles. The Bertz CT molecular complexity index is 389. The predicted molar refractivity (Wildman–Crippen MR) is 77.0 cm³/mol. The summed E-state index contributed by atoms with van der Waals surface area (Å²) >= 11 is 3.56. The predicted octanol–water partition coefficient (Wildman–Crippen LogP) is 4.72. The Hall–Kier alpha value is -0.900. The fourth-order valence-corrected chi connectivity index (χ4v) is 3.30. The van der Waals surface area contributed by atoms with Crippen molar-refractivity contribution in [1.82, 2.24) is 3.71 Å². The van der Waals surface area contributed by atoms with E-state index in [-0.39, 0.29) is 0 Å². The molecule has 0 spiro atoms. The van der Waals surface area contributed by atoms with Crippen molar-refractivity contribution in [2.24, 2.45) is 0 Å². The molecule has 17 heavy (non-hydrogen) atoms. The zero-order valence-electron chi connectivity index (χ0n) is 9.74. The van der Waals surface area contributed by atoms with Gasteiger partial charge in [0, 0.05) is 16.3 Å². The van der Waals surface area contributed by atoms with Gasteiger partial charge in [0.15, 0.2) is 0 Å². The first-order valence-corrected chi connectivity index (χ1v) is 7.16. The SMILES string of the molecule is CCN(Sc1ccccc1)Sc1ccccc1. The van der Waals surface area contributed by atoms with Crippen LogP contribution in [0.25, 0.3) is 0 Å². The lowest BCUT2D eigenvalue weighted by molar-refractivity contribution is 0.786. The Labute approximate surface area is 111 Å². The average Bonchev–Trinajstić information content (AvgIpc) is 2.40. The van der Waals surface area contributed by atoms with E-state index in [4.69, 9.17) is 0 Å². The summed E-state index contributed by atoms with van der Waals surface area (Å²) in [5, 5.41) is 0. The third-order valence-corrected chi connectivity index (χ3v) is 4.50. The topological polar surface area (TPSA) is 3.24 Å². The fraction of sp³-hybridized carbons (Fsp3) is 0.143. The zero-order valence-corrected chi connectivity index (χ0v) is 11.4. The second-order valence-corrected chi connectivity index (χ2v) is 5.88. The van der Waals surface area contributed by atoms with E-state index in [1.54, 1.807) is 23.9 Å². The molecular formula is C14H15NS2. The van der Waals surface area contributed by atoms with Crippen molar-refractivity contribution in [3.05, 3.63) is 60.7 Å². The Kier molecular flexibility index (Phi) is 4.98. The first-order chi connectivity index (χ1) is 8.38. The van der Waals surface area contributed by atoms with Crippen LogP contribution in [0.5, 0.6) is 0 Å². The van der Waals surface area contributed by atoms with Gasteiger partial charge in [0.2, 0.25) is 0 Å². The summed E-state index contributed by atoms with van der Waals surface area (Å²) in [4.78, 5) is 2.55. The quantitative estimate of drug-likeness (QED) is 0.717. The summed E-state index contributed by atoms with van der Waals surface area (Å²) in [7, 11) is 0. The minimum atomic E-state index is 0.999. The molecule has 0 radical (unpaired) electrons. The minimum absolute atomic E-state index is 0.999. The lowest BCUT2D eigenvalue weighted by Crippen LogP contribution is -2.04. The van der Waals surface area contributed by atoms with Crippen LogP contribution in [-0.4, -0.2) is 10.3 Å². The lowest BCUT2D eigenvalue weighted by Gasteiger charge is -2.17. The van der Waals surface area contributed by atoms with E-state index in [1.165, 1.54) is 9.79 Å². The van der Waals surface area contributed by atoms with Crippen LogP contribution in [0.2, 0.25) is 0 Å². The summed E-state index contributed by atoms with van der Waals surface area (Å²) in [6, 6.07) is 20.9. The van der Waals surface area contributed by atoms with Crippen molar-refractivity contribution in [3.8, 4) is 0 Å². The normalized spacial score (nSPS) is 10.7. The van der Waals surface area contributed by atoms with E-state index in [2.05, 4.69) is 59.2 Å². The smallest absolute Gasteiger partial charge is 0.0238 e. The molecule has 0 aromatic heterocycles. The van der Waals surface area contributed by atoms with Crippen LogP contribution in [0.4, 0.5) is 0 Å². The van der Waals surface area contributed by atoms with Crippen molar-refractivity contribution in [2.75, 3.05) is 6.54 Å². The van der Waals surface area contributed by atoms with Crippen molar-refractivity contribution >= 4 is 23.9 Å². The molecule has 0 fully saturated rings. The fourth-order valence-electron chi connectivity index (χ4n) is 1.35. The van der Waals surface area contributed by atoms with Gasteiger partial charge in [-0.05, 0) is 48.2 Å². The van der Waals surface area contributed by atoms with Crippen LogP contribution in [0, 0.1) is 0 Å². The van der Waals surface area contributed by atoms with Crippen LogP contribution in [0.1, 0.15) is 6.92 Å². The molecule has 0 atom stereocenters. The van der Waals surface area contributed by atoms with Gasteiger partial charge in [-0.2, -0.15) is 3.71 Å². The van der Waals surface area contributed by atoms with Crippen molar-refractivity contribution in [1.29, 1.82) is 0 Å². The number of benzene rings is 2. The standard InChI is InChI=1S/C14H15NS2/c1-2-15(16-13-9-5-3-6-10-13)17-14-11-7-4-8-12-14/h3-12H,2H2,1H3. The van der Waals surface area contributed by atoms with Gasteiger partial charge >= 0.3 is 0 Å². The molecule has 0 unspecified atom stereocenters. The first-order valence-electron chi connectivity index (χ1n) is 5.62. The second-order valence-electron chi connectivity index (χ2n) is 3.46. The molecule has 2 aromatic carbocycles. The van der Waals surface area contributed by atoms with E-state index in [9.17, 15) is 0 Å². The first kappa shape index (κ1) is 12.6. The molecule has 0 saturated carbocycles. The maximum Gasteiger partial charge on any atom is 0.0238 e. The highest BCUT2D eigenvalue weighted by atomic mass is 32.2. The molecule has 0 amide bonds. The van der Waals surface area contributed by atoms with Gasteiger partial charge in [-0.15, -0.1) is 0 Å². The van der Waals surface area contributed by atoms with Gasteiger partial charge < -0.3 is 0 Å². The number of hydrogen-bond donors (Lipinski definition) is 0. The van der Waals surface area contributed by atoms with E-state index in [0.29, 0.717) is 0 Å². The Morgan fingerprint density at radius 2 is 1.18 bits per heavy atom. The van der Waals surface area contributed by atoms with E-state index in [0.717, 1.165) is 6.54 Å². The minimum Gasteiger partial charge on any atom is -0.186 e. The van der Waals surface area contributed by atoms with E-state index in [1.807, 2.05) is 12.1 Å². The van der Waals surface area contributed by atoms with Crippen LogP contribution in [0.3, 0.4) is 0 Å². The summed E-state index contributed by atoms with van der Waals surface area (Å²) in [6.07, 6.45) is 0. The molecule has 0 aliphatic carbocycles. The van der Waals surface area contributed by atoms with Crippen LogP contribution < -0.4 is 0 Å². The van der Waals surface area contributed by atoms with Gasteiger partial charge in [-0.25, -0.2) is 0 Å². The van der Waals surface area contributed by atoms with E-state index >= 15 is 0 Å². The van der Waals surface area contributed by atoms with Crippen LogP contribution in [-0.2, 0) is 0 Å². The largest absolute Gasteiger partial charge is 0.186 e. The highest BCUT2D eigenvalue weighted by molar-refractivity contribution is 8.12. The third kappa shape index (κ3) is 4.11. The maximum atomic E-state index is 2.28. The molecule has 2 aromatic rings. The molecule has 0 aliphatic rings. The zero-order chi connectivity index (χ0) is 11.9. The monoisotopic (exact) mass is 261 g/mol. The number of rotatable bonds is 5. The van der Waals surface area contributed by atoms with Gasteiger partial charge in [-0.1, -0.05) is 43.3 Å². The molecule has 0 saturated heterocycles. The van der Waals surface area contributed by atoms with Crippen molar-refractivity contribution in [2.45, 2.75) is 16.7 Å². The molecule has 88 valence electrons. The molecule has 3 heteroatoms. The third-order valence-electron chi connectivity index (χ3n) is 2.16. The molecule has 1 nitrogen and oxygen atoms in total. The molecule has 2 rings (SSSR count). The molecule has 0 N–H and O–H groups in total. The summed E-state index contributed by atoms with van der Waals surface area (Å²) in [6.45, 7) is 3.17. The van der Waals surface area contributed by atoms with E-state index < -0.39 is 0 Å². The lowest BCUT2D eigenvalue weighted by atomic mass is 10.4. The van der Waals surface area contributed by atoms with Gasteiger partial charge in [0.1, 0.15) is 0 Å². The Morgan fingerprint density at radius 1 is 0.765 bits per heavy atom. The van der Waals surface area contributed by atoms with Crippen LogP contribution in [0.15, 0.2) is 70.5 Å². The molecule has 0 heterocycles. The maximum absolute atomic E-state index is 2.28. The summed E-state index contributed by atoms with van der Waals surface area (Å²) < 4.78 is 2.28. The summed E-state index contributed by atoms with van der Waals surface area (Å²) in [5.74, 6) is 0. The summed E-state index contributed by atoms with van der Waals surface area (Å²) in [5.41, 5.74) is 0. The van der Waals surface area contributed by atoms with Gasteiger partial charge in [-0.3, -0.25) is 0 Å².